The number of aromatic nitrogens is 3. The second-order valence-corrected chi connectivity index (χ2v) is 7.04. The molecule has 1 fully saturated rings. The predicted molar refractivity (Wildman–Crippen MR) is 107 cm³/mol. The zero-order chi connectivity index (χ0) is 19.6. The molecule has 2 heterocycles. The van der Waals surface area contributed by atoms with Gasteiger partial charge in [0.2, 0.25) is 5.89 Å². The molecule has 0 aliphatic heterocycles. The van der Waals surface area contributed by atoms with Crippen LogP contribution in [0.5, 0.6) is 0 Å². The van der Waals surface area contributed by atoms with E-state index in [-0.39, 0.29) is 6.61 Å². The van der Waals surface area contributed by atoms with E-state index in [1.165, 1.54) is 0 Å². The molecule has 5 rings (SSSR count). The van der Waals surface area contributed by atoms with Gasteiger partial charge in [-0.15, -0.1) is 0 Å². The van der Waals surface area contributed by atoms with E-state index >= 15 is 0 Å². The highest BCUT2D eigenvalue weighted by atomic mass is 16.5. The maximum absolute atomic E-state index is 12.8. The summed E-state index contributed by atoms with van der Waals surface area (Å²) in [5.41, 5.74) is 3.10. The second-order valence-electron chi connectivity index (χ2n) is 7.04. The zero-order valence-corrected chi connectivity index (χ0v) is 15.7. The van der Waals surface area contributed by atoms with Gasteiger partial charge in [0.15, 0.2) is 18.1 Å². The van der Waals surface area contributed by atoms with Gasteiger partial charge in [-0.25, -0.2) is 14.5 Å². The molecule has 4 aromatic rings. The minimum atomic E-state index is -0.451. The van der Waals surface area contributed by atoms with Gasteiger partial charge in [-0.2, -0.15) is 5.10 Å². The summed E-state index contributed by atoms with van der Waals surface area (Å²) in [4.78, 5) is 17.0. The highest BCUT2D eigenvalue weighted by Gasteiger charge is 2.29. The standard InChI is InChI=1S/C23H19N3O3/c27-23(28-15-22-24-14-21(29-22)17-7-3-1-4-8-17)20-13-19(16-11-12-16)25-26(20)18-9-5-2-6-10-18/h1-10,13-14,16H,11-12,15H2. The molecule has 1 aliphatic rings. The molecule has 144 valence electrons. The third-order valence-electron chi connectivity index (χ3n) is 4.87. The number of ether oxygens (including phenoxy) is 1. The van der Waals surface area contributed by atoms with Crippen LogP contribution in [0.25, 0.3) is 17.0 Å². The smallest absolute Gasteiger partial charge is 0.357 e. The van der Waals surface area contributed by atoms with Crippen molar-refractivity contribution in [2.45, 2.75) is 25.4 Å². The topological polar surface area (TPSA) is 70.2 Å². The van der Waals surface area contributed by atoms with Crippen molar-refractivity contribution >= 4 is 5.97 Å². The van der Waals surface area contributed by atoms with Crippen LogP contribution in [0.2, 0.25) is 0 Å². The molecular weight excluding hydrogens is 366 g/mol. The number of rotatable bonds is 6. The summed E-state index contributed by atoms with van der Waals surface area (Å²) in [6.45, 7) is -0.0373. The molecule has 6 nitrogen and oxygen atoms in total. The molecule has 2 aromatic heterocycles. The largest absolute Gasteiger partial charge is 0.451 e. The molecule has 0 N–H and O–H groups in total. The lowest BCUT2D eigenvalue weighted by atomic mass is 10.2. The average Bonchev–Trinajstić information content (AvgIpc) is 3.35. The van der Waals surface area contributed by atoms with E-state index in [0.717, 1.165) is 29.8 Å². The SMILES string of the molecule is O=C(OCc1ncc(-c2ccccc2)o1)c1cc(C2CC2)nn1-c1ccccc1. The lowest BCUT2D eigenvalue weighted by molar-refractivity contribution is 0.0428. The van der Waals surface area contributed by atoms with Crippen molar-refractivity contribution in [3.8, 4) is 17.0 Å². The second kappa shape index (κ2) is 7.39. The van der Waals surface area contributed by atoms with Gasteiger partial charge in [0.1, 0.15) is 0 Å². The van der Waals surface area contributed by atoms with Gasteiger partial charge in [0, 0.05) is 11.5 Å². The Kier molecular flexibility index (Phi) is 4.44. The highest BCUT2D eigenvalue weighted by Crippen LogP contribution is 2.39. The Morgan fingerprint density at radius 3 is 2.52 bits per heavy atom. The summed E-state index contributed by atoms with van der Waals surface area (Å²) in [6, 6.07) is 21.1. The van der Waals surface area contributed by atoms with Crippen LogP contribution in [0.1, 0.15) is 40.8 Å². The number of esters is 1. The van der Waals surface area contributed by atoms with Gasteiger partial charge >= 0.3 is 5.97 Å². The first-order valence-corrected chi connectivity index (χ1v) is 9.60. The van der Waals surface area contributed by atoms with Crippen molar-refractivity contribution in [1.82, 2.24) is 14.8 Å². The third-order valence-corrected chi connectivity index (χ3v) is 4.87. The number of benzene rings is 2. The molecule has 6 heteroatoms. The van der Waals surface area contributed by atoms with Crippen LogP contribution in [0.15, 0.2) is 77.3 Å². The van der Waals surface area contributed by atoms with Crippen molar-refractivity contribution in [2.24, 2.45) is 0 Å². The van der Waals surface area contributed by atoms with Crippen LogP contribution in [0, 0.1) is 0 Å². The average molecular weight is 385 g/mol. The minimum Gasteiger partial charge on any atom is -0.451 e. The number of para-hydroxylation sites is 1. The molecule has 29 heavy (non-hydrogen) atoms. The fourth-order valence-corrected chi connectivity index (χ4v) is 3.20. The Hall–Kier alpha value is -3.67. The normalized spacial score (nSPS) is 13.4. The Morgan fingerprint density at radius 2 is 1.79 bits per heavy atom. The summed E-state index contributed by atoms with van der Waals surface area (Å²) < 4.78 is 12.9. The fraction of sp³-hybridized carbons (Fsp3) is 0.174. The predicted octanol–water partition coefficient (Wildman–Crippen LogP) is 4.76. The lowest BCUT2D eigenvalue weighted by Crippen LogP contribution is -2.12. The maximum atomic E-state index is 12.8. The van der Waals surface area contributed by atoms with Crippen molar-refractivity contribution in [1.29, 1.82) is 0 Å². The Morgan fingerprint density at radius 1 is 1.07 bits per heavy atom. The van der Waals surface area contributed by atoms with Crippen LogP contribution in [0.4, 0.5) is 0 Å². The van der Waals surface area contributed by atoms with E-state index in [9.17, 15) is 4.79 Å². The van der Waals surface area contributed by atoms with E-state index in [1.54, 1.807) is 10.9 Å². The molecule has 1 aliphatic carbocycles. The fourth-order valence-electron chi connectivity index (χ4n) is 3.20. The van der Waals surface area contributed by atoms with E-state index in [1.807, 2.05) is 66.7 Å². The number of hydrogen-bond acceptors (Lipinski definition) is 5. The van der Waals surface area contributed by atoms with Crippen molar-refractivity contribution < 1.29 is 13.9 Å². The zero-order valence-electron chi connectivity index (χ0n) is 15.7. The van der Waals surface area contributed by atoms with Crippen molar-refractivity contribution in [2.75, 3.05) is 0 Å². The van der Waals surface area contributed by atoms with Crippen LogP contribution < -0.4 is 0 Å². The number of carbonyl (C=O) groups is 1. The van der Waals surface area contributed by atoms with Crippen LogP contribution >= 0.6 is 0 Å². The Labute approximate surface area is 167 Å². The summed E-state index contributed by atoms with van der Waals surface area (Å²) in [5, 5.41) is 4.64. The number of oxazole rings is 1. The Bertz CT molecular complexity index is 1130. The molecular formula is C23H19N3O3. The van der Waals surface area contributed by atoms with Gasteiger partial charge in [-0.05, 0) is 31.0 Å². The first kappa shape index (κ1) is 17.4. The Balaban J connectivity index is 1.34. The highest BCUT2D eigenvalue weighted by molar-refractivity contribution is 5.88. The molecule has 0 atom stereocenters. The van der Waals surface area contributed by atoms with Crippen LogP contribution in [0.3, 0.4) is 0 Å². The van der Waals surface area contributed by atoms with Crippen LogP contribution in [-0.4, -0.2) is 20.7 Å². The van der Waals surface area contributed by atoms with E-state index in [0.29, 0.717) is 23.3 Å². The molecule has 1 saturated carbocycles. The van der Waals surface area contributed by atoms with Gasteiger partial charge in [0.25, 0.3) is 0 Å². The molecule has 0 unspecified atom stereocenters. The van der Waals surface area contributed by atoms with Gasteiger partial charge in [-0.3, -0.25) is 0 Å². The molecule has 2 aromatic carbocycles. The molecule has 0 bridgehead atoms. The van der Waals surface area contributed by atoms with Crippen molar-refractivity contribution in [3.63, 3.8) is 0 Å². The number of carbonyl (C=O) groups excluding carboxylic acids is 1. The first-order valence-electron chi connectivity index (χ1n) is 9.60. The van der Waals surface area contributed by atoms with Gasteiger partial charge < -0.3 is 9.15 Å². The summed E-state index contributed by atoms with van der Waals surface area (Å²) in [6.07, 6.45) is 3.86. The third kappa shape index (κ3) is 3.69. The van der Waals surface area contributed by atoms with Gasteiger partial charge in [0.05, 0.1) is 17.6 Å². The first-order chi connectivity index (χ1) is 14.3. The van der Waals surface area contributed by atoms with Crippen molar-refractivity contribution in [3.05, 3.63) is 90.2 Å². The van der Waals surface area contributed by atoms with E-state index in [4.69, 9.17) is 9.15 Å². The van der Waals surface area contributed by atoms with E-state index < -0.39 is 5.97 Å². The van der Waals surface area contributed by atoms with Crippen LogP contribution in [-0.2, 0) is 11.3 Å². The molecule has 0 radical (unpaired) electrons. The summed E-state index contributed by atoms with van der Waals surface area (Å²) in [5.74, 6) is 0.979. The molecule has 0 saturated heterocycles. The number of nitrogens with zero attached hydrogens (tertiary/aromatic N) is 3. The quantitative estimate of drug-likeness (QED) is 0.448. The number of hydrogen-bond donors (Lipinski definition) is 0. The minimum absolute atomic E-state index is 0.0373. The molecule has 0 spiro atoms. The lowest BCUT2D eigenvalue weighted by Gasteiger charge is -2.06. The monoisotopic (exact) mass is 385 g/mol. The van der Waals surface area contributed by atoms with Gasteiger partial charge in [-0.1, -0.05) is 48.5 Å². The summed E-state index contributed by atoms with van der Waals surface area (Å²) in [7, 11) is 0. The molecule has 0 amide bonds. The van der Waals surface area contributed by atoms with E-state index in [2.05, 4.69) is 10.1 Å². The summed E-state index contributed by atoms with van der Waals surface area (Å²) >= 11 is 0. The maximum Gasteiger partial charge on any atom is 0.357 e.